The summed E-state index contributed by atoms with van der Waals surface area (Å²) in [5.74, 6) is -0.302. The topological polar surface area (TPSA) is 73.1 Å². The molecule has 1 aromatic rings. The molecule has 2 rings (SSSR count). The minimum atomic E-state index is -4.53. The molecule has 0 aliphatic heterocycles. The van der Waals surface area contributed by atoms with Gasteiger partial charge in [0.15, 0.2) is 5.69 Å². The molecule has 0 bridgehead atoms. The van der Waals surface area contributed by atoms with E-state index in [1.54, 1.807) is 7.11 Å². The van der Waals surface area contributed by atoms with Gasteiger partial charge in [0.2, 0.25) is 5.95 Å². The lowest BCUT2D eigenvalue weighted by molar-refractivity contribution is -0.141. The average Bonchev–Trinajstić information content (AvgIpc) is 2.20. The van der Waals surface area contributed by atoms with Crippen molar-refractivity contribution in [3.63, 3.8) is 0 Å². The van der Waals surface area contributed by atoms with E-state index >= 15 is 0 Å². The lowest BCUT2D eigenvalue weighted by Gasteiger charge is -2.34. The second-order valence-corrected chi connectivity index (χ2v) is 4.16. The first-order valence-corrected chi connectivity index (χ1v) is 5.39. The van der Waals surface area contributed by atoms with Crippen molar-refractivity contribution in [1.82, 2.24) is 9.97 Å². The number of alkyl halides is 3. The Morgan fingerprint density at radius 3 is 2.61 bits per heavy atom. The van der Waals surface area contributed by atoms with E-state index in [0.29, 0.717) is 0 Å². The summed E-state index contributed by atoms with van der Waals surface area (Å²) in [7, 11) is 1.60. The molecule has 1 saturated carbocycles. The highest BCUT2D eigenvalue weighted by Gasteiger charge is 2.34. The summed E-state index contributed by atoms with van der Waals surface area (Å²) in [5, 5.41) is 2.88. The number of methoxy groups -OCH3 is 1. The normalized spacial score (nSPS) is 23.6. The van der Waals surface area contributed by atoms with Crippen LogP contribution in [-0.4, -0.2) is 29.2 Å². The van der Waals surface area contributed by atoms with E-state index in [0.717, 1.165) is 18.9 Å². The van der Waals surface area contributed by atoms with Crippen molar-refractivity contribution < 1.29 is 17.9 Å². The first-order valence-electron chi connectivity index (χ1n) is 5.39. The summed E-state index contributed by atoms with van der Waals surface area (Å²) in [6.45, 7) is 0. The van der Waals surface area contributed by atoms with Crippen LogP contribution in [0.5, 0.6) is 0 Å². The van der Waals surface area contributed by atoms with Crippen LogP contribution in [0.3, 0.4) is 0 Å². The molecule has 0 spiro atoms. The third-order valence-electron chi connectivity index (χ3n) is 2.81. The molecule has 0 amide bonds. The monoisotopic (exact) mass is 262 g/mol. The van der Waals surface area contributed by atoms with E-state index in [1.807, 2.05) is 0 Å². The van der Waals surface area contributed by atoms with Gasteiger partial charge >= 0.3 is 6.18 Å². The fourth-order valence-corrected chi connectivity index (χ4v) is 1.77. The zero-order valence-corrected chi connectivity index (χ0v) is 9.66. The lowest BCUT2D eigenvalue weighted by Crippen LogP contribution is -2.40. The Hall–Kier alpha value is -1.57. The van der Waals surface area contributed by atoms with E-state index in [4.69, 9.17) is 10.5 Å². The Labute approximate surface area is 102 Å². The van der Waals surface area contributed by atoms with E-state index < -0.39 is 17.8 Å². The molecule has 0 saturated heterocycles. The number of hydrogen-bond acceptors (Lipinski definition) is 5. The SMILES string of the molecule is COC1CC(Nc2cc(C(F)(F)F)nc(N)n2)C1. The molecule has 1 aromatic heterocycles. The van der Waals surface area contributed by atoms with Gasteiger partial charge in [-0.25, -0.2) is 4.98 Å². The Bertz CT molecular complexity index is 432. The summed E-state index contributed by atoms with van der Waals surface area (Å²) in [5.41, 5.74) is 4.22. The molecule has 0 radical (unpaired) electrons. The van der Waals surface area contributed by atoms with Gasteiger partial charge in [-0.05, 0) is 12.8 Å². The van der Waals surface area contributed by atoms with Gasteiger partial charge in [-0.1, -0.05) is 0 Å². The molecule has 1 aliphatic rings. The van der Waals surface area contributed by atoms with Gasteiger partial charge in [-0.15, -0.1) is 0 Å². The summed E-state index contributed by atoms with van der Waals surface area (Å²) >= 11 is 0. The third-order valence-corrected chi connectivity index (χ3v) is 2.81. The molecular weight excluding hydrogens is 249 g/mol. The van der Waals surface area contributed by atoms with E-state index in [2.05, 4.69) is 15.3 Å². The highest BCUT2D eigenvalue weighted by molar-refractivity contribution is 5.42. The Morgan fingerprint density at radius 2 is 2.06 bits per heavy atom. The minimum absolute atomic E-state index is 0.0605. The van der Waals surface area contributed by atoms with Crippen molar-refractivity contribution in [1.29, 1.82) is 0 Å². The van der Waals surface area contributed by atoms with Crippen LogP contribution < -0.4 is 11.1 Å². The van der Waals surface area contributed by atoms with Gasteiger partial charge in [0, 0.05) is 19.2 Å². The van der Waals surface area contributed by atoms with E-state index in [-0.39, 0.29) is 18.0 Å². The molecule has 1 aliphatic carbocycles. The Kier molecular flexibility index (Phi) is 3.29. The zero-order valence-electron chi connectivity index (χ0n) is 9.66. The second kappa shape index (κ2) is 4.60. The molecule has 18 heavy (non-hydrogen) atoms. The van der Waals surface area contributed by atoms with Gasteiger partial charge in [-0.3, -0.25) is 0 Å². The number of nitrogens with two attached hydrogens (primary N) is 1. The van der Waals surface area contributed by atoms with Crippen LogP contribution in [0.2, 0.25) is 0 Å². The minimum Gasteiger partial charge on any atom is -0.381 e. The van der Waals surface area contributed by atoms with Crippen molar-refractivity contribution in [2.24, 2.45) is 0 Å². The predicted molar refractivity (Wildman–Crippen MR) is 58.9 cm³/mol. The molecule has 1 heterocycles. The maximum atomic E-state index is 12.5. The first-order chi connectivity index (χ1) is 8.38. The molecule has 0 aromatic carbocycles. The molecule has 8 heteroatoms. The second-order valence-electron chi connectivity index (χ2n) is 4.16. The zero-order chi connectivity index (χ0) is 13.3. The van der Waals surface area contributed by atoms with E-state index in [1.165, 1.54) is 0 Å². The Morgan fingerprint density at radius 1 is 1.39 bits per heavy atom. The van der Waals surface area contributed by atoms with Gasteiger partial charge in [0.25, 0.3) is 0 Å². The highest BCUT2D eigenvalue weighted by atomic mass is 19.4. The summed E-state index contributed by atoms with van der Waals surface area (Å²) in [6.07, 6.45) is -2.89. The molecule has 100 valence electrons. The number of nitrogens with one attached hydrogen (secondary N) is 1. The van der Waals surface area contributed by atoms with Gasteiger partial charge in [0.05, 0.1) is 6.10 Å². The fraction of sp³-hybridized carbons (Fsp3) is 0.600. The van der Waals surface area contributed by atoms with Crippen LogP contribution in [0, 0.1) is 0 Å². The van der Waals surface area contributed by atoms with Crippen molar-refractivity contribution in [2.45, 2.75) is 31.2 Å². The van der Waals surface area contributed by atoms with Crippen molar-refractivity contribution in [3.8, 4) is 0 Å². The van der Waals surface area contributed by atoms with E-state index in [9.17, 15) is 13.2 Å². The first kappa shape index (κ1) is 12.9. The summed E-state index contributed by atoms with van der Waals surface area (Å²) < 4.78 is 42.6. The van der Waals surface area contributed by atoms with Gasteiger partial charge in [-0.2, -0.15) is 18.2 Å². The maximum Gasteiger partial charge on any atom is 0.433 e. The molecule has 0 unspecified atom stereocenters. The van der Waals surface area contributed by atoms with Crippen LogP contribution in [0.4, 0.5) is 24.9 Å². The molecule has 0 atom stereocenters. The lowest BCUT2D eigenvalue weighted by atomic mass is 9.89. The maximum absolute atomic E-state index is 12.5. The quantitative estimate of drug-likeness (QED) is 0.866. The van der Waals surface area contributed by atoms with Gasteiger partial charge in [0.1, 0.15) is 5.82 Å². The number of hydrogen-bond donors (Lipinski definition) is 2. The average molecular weight is 262 g/mol. The van der Waals surface area contributed by atoms with Crippen LogP contribution in [0.1, 0.15) is 18.5 Å². The smallest absolute Gasteiger partial charge is 0.381 e. The number of halogens is 3. The summed E-state index contributed by atoms with van der Waals surface area (Å²) in [4.78, 5) is 6.90. The highest BCUT2D eigenvalue weighted by Crippen LogP contribution is 2.31. The third kappa shape index (κ3) is 2.81. The van der Waals surface area contributed by atoms with Crippen molar-refractivity contribution in [3.05, 3.63) is 11.8 Å². The van der Waals surface area contributed by atoms with Crippen LogP contribution in [-0.2, 0) is 10.9 Å². The Balaban J connectivity index is 2.07. The number of aromatic nitrogens is 2. The number of anilines is 2. The number of nitrogen functional groups attached to an aromatic ring is 1. The molecular formula is C10H13F3N4O. The largest absolute Gasteiger partial charge is 0.433 e. The summed E-state index contributed by atoms with van der Waals surface area (Å²) in [6, 6.07) is 0.918. The van der Waals surface area contributed by atoms with Crippen molar-refractivity contribution >= 4 is 11.8 Å². The molecule has 1 fully saturated rings. The van der Waals surface area contributed by atoms with Crippen LogP contribution in [0.15, 0.2) is 6.07 Å². The van der Waals surface area contributed by atoms with Crippen molar-refractivity contribution in [2.75, 3.05) is 18.2 Å². The fourth-order valence-electron chi connectivity index (χ4n) is 1.77. The number of nitrogens with zero attached hydrogens (tertiary/aromatic N) is 2. The number of rotatable bonds is 3. The number of ether oxygens (including phenoxy) is 1. The predicted octanol–water partition coefficient (Wildman–Crippen LogP) is 1.67. The molecule has 3 N–H and O–H groups in total. The molecule has 5 nitrogen and oxygen atoms in total. The van der Waals surface area contributed by atoms with Gasteiger partial charge < -0.3 is 15.8 Å². The van der Waals surface area contributed by atoms with Crippen LogP contribution in [0.25, 0.3) is 0 Å². The van der Waals surface area contributed by atoms with Crippen LogP contribution >= 0.6 is 0 Å². The standard InChI is InChI=1S/C10H13F3N4O/c1-18-6-2-5(3-6)15-8-4-7(10(11,12)13)16-9(14)17-8/h4-6H,2-3H2,1H3,(H3,14,15,16,17).